The Bertz CT molecular complexity index is 929. The number of rotatable bonds is 8. The number of nitrogens with zero attached hydrogens (tertiary/aromatic N) is 1. The van der Waals surface area contributed by atoms with E-state index in [-0.39, 0.29) is 17.7 Å². The molecule has 0 saturated carbocycles. The number of carbonyl (C=O) groups is 3. The SMILES string of the molecule is COC(=O)C[C@H](c1ccc([N+](=O)[O-])cc1)[C@@H](NC(=O)c1ccc(F)cc1)C(=O)OC. The quantitative estimate of drug-likeness (QED) is 0.396. The zero-order valence-electron chi connectivity index (χ0n) is 16.2. The highest BCUT2D eigenvalue weighted by Crippen LogP contribution is 2.27. The fourth-order valence-corrected chi connectivity index (χ4v) is 2.81. The minimum Gasteiger partial charge on any atom is -0.469 e. The number of amides is 1. The van der Waals surface area contributed by atoms with Crippen molar-refractivity contribution in [3.8, 4) is 0 Å². The van der Waals surface area contributed by atoms with Crippen LogP contribution in [0.15, 0.2) is 48.5 Å². The molecule has 0 heterocycles. The summed E-state index contributed by atoms with van der Waals surface area (Å²) >= 11 is 0. The first-order valence-electron chi connectivity index (χ1n) is 8.72. The first-order chi connectivity index (χ1) is 14.3. The van der Waals surface area contributed by atoms with Crippen molar-refractivity contribution in [3.63, 3.8) is 0 Å². The second-order valence-electron chi connectivity index (χ2n) is 6.22. The standard InChI is InChI=1S/C20H19FN2O7/c1-29-17(24)11-16(12-5-9-15(10-6-12)23(27)28)18(20(26)30-2)22-19(25)13-3-7-14(21)8-4-13/h3-10,16,18H,11H2,1-2H3,(H,22,25)/t16-,18-/m1/s1. The van der Waals surface area contributed by atoms with E-state index in [1.807, 2.05) is 0 Å². The number of esters is 2. The summed E-state index contributed by atoms with van der Waals surface area (Å²) in [4.78, 5) is 47.3. The van der Waals surface area contributed by atoms with Crippen molar-refractivity contribution in [2.24, 2.45) is 0 Å². The van der Waals surface area contributed by atoms with Gasteiger partial charge in [-0.3, -0.25) is 19.7 Å². The molecule has 0 aliphatic heterocycles. The van der Waals surface area contributed by atoms with Gasteiger partial charge in [-0.2, -0.15) is 0 Å². The van der Waals surface area contributed by atoms with E-state index in [1.165, 1.54) is 43.5 Å². The van der Waals surface area contributed by atoms with Crippen LogP contribution in [0, 0.1) is 15.9 Å². The lowest BCUT2D eigenvalue weighted by molar-refractivity contribution is -0.384. The molecule has 0 fully saturated rings. The first kappa shape index (κ1) is 22.5. The number of carbonyl (C=O) groups excluding carboxylic acids is 3. The number of methoxy groups -OCH3 is 2. The predicted octanol–water partition coefficient (Wildman–Crippen LogP) is 2.35. The van der Waals surface area contributed by atoms with Crippen LogP contribution in [-0.2, 0) is 19.1 Å². The number of benzene rings is 2. The number of nitro benzene ring substituents is 1. The van der Waals surface area contributed by atoms with Crippen molar-refractivity contribution in [1.29, 1.82) is 0 Å². The zero-order valence-corrected chi connectivity index (χ0v) is 16.2. The van der Waals surface area contributed by atoms with Crippen LogP contribution < -0.4 is 5.32 Å². The number of hydrogen-bond donors (Lipinski definition) is 1. The van der Waals surface area contributed by atoms with E-state index in [1.54, 1.807) is 0 Å². The lowest BCUT2D eigenvalue weighted by atomic mass is 9.88. The van der Waals surface area contributed by atoms with Crippen LogP contribution >= 0.6 is 0 Å². The summed E-state index contributed by atoms with van der Waals surface area (Å²) in [7, 11) is 2.28. The van der Waals surface area contributed by atoms with Crippen LogP contribution in [0.5, 0.6) is 0 Å². The molecule has 0 radical (unpaired) electrons. The van der Waals surface area contributed by atoms with Crippen LogP contribution in [-0.4, -0.2) is 43.0 Å². The molecular weight excluding hydrogens is 399 g/mol. The maximum absolute atomic E-state index is 13.1. The normalized spacial score (nSPS) is 12.4. The molecule has 1 N–H and O–H groups in total. The Morgan fingerprint density at radius 3 is 2.13 bits per heavy atom. The molecule has 0 saturated heterocycles. The minimum absolute atomic E-state index is 0.0887. The molecule has 0 unspecified atom stereocenters. The maximum Gasteiger partial charge on any atom is 0.329 e. The second kappa shape index (κ2) is 10.1. The fraction of sp³-hybridized carbons (Fsp3) is 0.250. The van der Waals surface area contributed by atoms with Crippen molar-refractivity contribution in [1.82, 2.24) is 5.32 Å². The van der Waals surface area contributed by atoms with Crippen molar-refractivity contribution in [2.75, 3.05) is 14.2 Å². The van der Waals surface area contributed by atoms with Crippen LogP contribution in [0.2, 0.25) is 0 Å². The maximum atomic E-state index is 13.1. The molecule has 2 rings (SSSR count). The zero-order chi connectivity index (χ0) is 22.3. The van der Waals surface area contributed by atoms with Gasteiger partial charge in [-0.05, 0) is 29.8 Å². The van der Waals surface area contributed by atoms with Crippen LogP contribution in [0.4, 0.5) is 10.1 Å². The van der Waals surface area contributed by atoms with Gasteiger partial charge in [0.05, 0.1) is 25.6 Å². The van der Waals surface area contributed by atoms with Gasteiger partial charge in [0.1, 0.15) is 11.9 Å². The van der Waals surface area contributed by atoms with Crippen molar-refractivity contribution in [3.05, 3.63) is 75.6 Å². The summed E-state index contributed by atoms with van der Waals surface area (Å²) < 4.78 is 22.6. The number of non-ortho nitro benzene ring substituents is 1. The molecular formula is C20H19FN2O7. The summed E-state index contributed by atoms with van der Waals surface area (Å²) in [5.74, 6) is -3.66. The highest BCUT2D eigenvalue weighted by atomic mass is 19.1. The van der Waals surface area contributed by atoms with Crippen molar-refractivity contribution >= 4 is 23.5 Å². The van der Waals surface area contributed by atoms with E-state index >= 15 is 0 Å². The summed E-state index contributed by atoms with van der Waals surface area (Å²) in [6.45, 7) is 0. The average molecular weight is 418 g/mol. The smallest absolute Gasteiger partial charge is 0.329 e. The molecule has 9 nitrogen and oxygen atoms in total. The van der Waals surface area contributed by atoms with Gasteiger partial charge >= 0.3 is 11.9 Å². The number of hydrogen-bond acceptors (Lipinski definition) is 7. The average Bonchev–Trinajstić information content (AvgIpc) is 2.75. The predicted molar refractivity (Wildman–Crippen MR) is 102 cm³/mol. The molecule has 2 aromatic carbocycles. The Labute approximate surface area is 170 Å². The van der Waals surface area contributed by atoms with Gasteiger partial charge in [-0.15, -0.1) is 0 Å². The third-order valence-electron chi connectivity index (χ3n) is 4.40. The van der Waals surface area contributed by atoms with Gasteiger partial charge in [-0.25, -0.2) is 9.18 Å². The Morgan fingerprint density at radius 2 is 1.63 bits per heavy atom. The molecule has 1 amide bonds. The number of halogens is 1. The van der Waals surface area contributed by atoms with Crippen molar-refractivity contribution < 1.29 is 33.2 Å². The van der Waals surface area contributed by atoms with Crippen LogP contribution in [0.3, 0.4) is 0 Å². The Morgan fingerprint density at radius 1 is 1.03 bits per heavy atom. The third-order valence-corrected chi connectivity index (χ3v) is 4.40. The third kappa shape index (κ3) is 5.60. The first-order valence-corrected chi connectivity index (χ1v) is 8.72. The molecule has 0 aliphatic rings. The van der Waals surface area contributed by atoms with E-state index in [0.29, 0.717) is 5.56 Å². The highest BCUT2D eigenvalue weighted by molar-refractivity contribution is 5.97. The molecule has 0 bridgehead atoms. The van der Waals surface area contributed by atoms with Gasteiger partial charge in [0.15, 0.2) is 0 Å². The topological polar surface area (TPSA) is 125 Å². The van der Waals surface area contributed by atoms with Gasteiger partial charge in [0, 0.05) is 23.6 Å². The molecule has 2 aromatic rings. The Kier molecular flexibility index (Phi) is 7.56. The molecule has 0 spiro atoms. The fourth-order valence-electron chi connectivity index (χ4n) is 2.81. The lowest BCUT2D eigenvalue weighted by Gasteiger charge is -2.26. The molecule has 0 aromatic heterocycles. The van der Waals surface area contributed by atoms with E-state index in [2.05, 4.69) is 10.1 Å². The lowest BCUT2D eigenvalue weighted by Crippen LogP contribution is -2.46. The number of nitrogens with one attached hydrogen (secondary N) is 1. The van der Waals surface area contributed by atoms with Crippen LogP contribution in [0.1, 0.15) is 28.3 Å². The molecule has 30 heavy (non-hydrogen) atoms. The number of nitro groups is 1. The summed E-state index contributed by atoms with van der Waals surface area (Å²) in [6.07, 6.45) is -0.308. The van der Waals surface area contributed by atoms with E-state index in [9.17, 15) is 28.9 Å². The van der Waals surface area contributed by atoms with E-state index in [0.717, 1.165) is 19.2 Å². The van der Waals surface area contributed by atoms with Gasteiger partial charge in [0.25, 0.3) is 11.6 Å². The second-order valence-corrected chi connectivity index (χ2v) is 6.22. The molecule has 158 valence electrons. The summed E-state index contributed by atoms with van der Waals surface area (Å²) in [6, 6.07) is 8.53. The Balaban J connectivity index is 2.40. The molecule has 10 heteroatoms. The van der Waals surface area contributed by atoms with Gasteiger partial charge in [-0.1, -0.05) is 12.1 Å². The van der Waals surface area contributed by atoms with Gasteiger partial charge < -0.3 is 14.8 Å². The van der Waals surface area contributed by atoms with E-state index < -0.39 is 40.5 Å². The van der Waals surface area contributed by atoms with Crippen molar-refractivity contribution in [2.45, 2.75) is 18.4 Å². The van der Waals surface area contributed by atoms with Gasteiger partial charge in [0.2, 0.25) is 0 Å². The summed E-state index contributed by atoms with van der Waals surface area (Å²) in [5.41, 5.74) is 0.284. The minimum atomic E-state index is -1.31. The monoisotopic (exact) mass is 418 g/mol. The Hall–Kier alpha value is -3.82. The summed E-state index contributed by atoms with van der Waals surface area (Å²) in [5, 5.41) is 13.4. The molecule has 0 aliphatic carbocycles. The largest absolute Gasteiger partial charge is 0.469 e. The number of ether oxygens (including phenoxy) is 2. The molecule has 2 atom stereocenters. The highest BCUT2D eigenvalue weighted by Gasteiger charge is 2.34. The van der Waals surface area contributed by atoms with Crippen LogP contribution in [0.25, 0.3) is 0 Å². The van der Waals surface area contributed by atoms with E-state index in [4.69, 9.17) is 4.74 Å².